The summed E-state index contributed by atoms with van der Waals surface area (Å²) in [5, 5.41) is 5.19. The third kappa shape index (κ3) is 4.11. The van der Waals surface area contributed by atoms with Crippen molar-refractivity contribution in [2.75, 3.05) is 19.6 Å². The number of carbonyl (C=O) groups is 1. The van der Waals surface area contributed by atoms with Gasteiger partial charge >= 0.3 is 0 Å². The molecule has 0 bridgehead atoms. The highest BCUT2D eigenvalue weighted by atomic mass is 35.5. The van der Waals surface area contributed by atoms with E-state index in [4.69, 9.17) is 11.6 Å². The number of benzene rings is 2. The molecular formula is C23H23ClFN3O. The monoisotopic (exact) mass is 411 g/mol. The maximum Gasteiger partial charge on any atom is 0.197 e. The first-order valence-corrected chi connectivity index (χ1v) is 10.3. The Morgan fingerprint density at radius 2 is 1.76 bits per heavy atom. The van der Waals surface area contributed by atoms with Crippen LogP contribution >= 0.6 is 11.6 Å². The highest BCUT2D eigenvalue weighted by molar-refractivity contribution is 6.30. The minimum Gasteiger partial charge on any atom is -0.296 e. The zero-order chi connectivity index (χ0) is 20.4. The van der Waals surface area contributed by atoms with E-state index in [-0.39, 0.29) is 11.6 Å². The van der Waals surface area contributed by atoms with Crippen molar-refractivity contribution in [1.29, 1.82) is 0 Å². The van der Waals surface area contributed by atoms with Crippen molar-refractivity contribution >= 4 is 17.4 Å². The smallest absolute Gasteiger partial charge is 0.197 e. The van der Waals surface area contributed by atoms with Crippen LogP contribution in [0.3, 0.4) is 0 Å². The lowest BCUT2D eigenvalue weighted by Gasteiger charge is -2.25. The molecule has 0 spiro atoms. The molecular weight excluding hydrogens is 389 g/mol. The van der Waals surface area contributed by atoms with Crippen LogP contribution in [-0.2, 0) is 0 Å². The molecule has 1 aliphatic rings. The van der Waals surface area contributed by atoms with Crippen LogP contribution in [-0.4, -0.2) is 40.1 Å². The van der Waals surface area contributed by atoms with E-state index in [1.807, 2.05) is 19.1 Å². The Morgan fingerprint density at radius 1 is 1.07 bits per heavy atom. The van der Waals surface area contributed by atoms with Crippen LogP contribution in [0.5, 0.6) is 0 Å². The minimum absolute atomic E-state index is 0.0327. The summed E-state index contributed by atoms with van der Waals surface area (Å²) in [4.78, 5) is 15.2. The Kier molecular flexibility index (Phi) is 5.79. The zero-order valence-electron chi connectivity index (χ0n) is 16.4. The van der Waals surface area contributed by atoms with Crippen LogP contribution in [0.2, 0.25) is 5.02 Å². The maximum absolute atomic E-state index is 14.6. The number of halogens is 2. The summed E-state index contributed by atoms with van der Waals surface area (Å²) in [7, 11) is 0. The number of piperidine rings is 1. The number of hydrogen-bond donors (Lipinski definition) is 0. The molecule has 0 unspecified atom stereocenters. The molecule has 0 aliphatic carbocycles. The number of carbonyl (C=O) groups excluding carboxylic acids is 1. The third-order valence-corrected chi connectivity index (χ3v) is 5.65. The number of likely N-dealkylation sites (tertiary alicyclic amines) is 1. The molecule has 3 aromatic rings. The SMILES string of the molecule is Cc1c(C(=O)CN2CCCCC2)nn(-c2ccccc2F)c1-c1ccc(Cl)cc1. The number of nitrogens with zero attached hydrogens (tertiary/aromatic N) is 3. The molecule has 150 valence electrons. The number of rotatable bonds is 5. The van der Waals surface area contributed by atoms with Gasteiger partial charge in [0.15, 0.2) is 5.78 Å². The average Bonchev–Trinajstić information content (AvgIpc) is 3.07. The van der Waals surface area contributed by atoms with Crippen molar-refractivity contribution < 1.29 is 9.18 Å². The Morgan fingerprint density at radius 3 is 2.45 bits per heavy atom. The lowest BCUT2D eigenvalue weighted by Crippen LogP contribution is -2.34. The molecule has 4 nitrogen and oxygen atoms in total. The first-order chi connectivity index (χ1) is 14.0. The molecule has 0 saturated carbocycles. The zero-order valence-corrected chi connectivity index (χ0v) is 17.1. The Labute approximate surface area is 174 Å². The molecule has 29 heavy (non-hydrogen) atoms. The quantitative estimate of drug-likeness (QED) is 0.534. The average molecular weight is 412 g/mol. The molecule has 0 radical (unpaired) electrons. The van der Waals surface area contributed by atoms with E-state index in [9.17, 15) is 9.18 Å². The molecule has 0 N–H and O–H groups in total. The number of Topliss-reactive ketones (excluding diaryl/α,β-unsaturated/α-hetero) is 1. The fraction of sp³-hybridized carbons (Fsp3) is 0.304. The van der Waals surface area contributed by atoms with Gasteiger partial charge in [-0.25, -0.2) is 9.07 Å². The van der Waals surface area contributed by atoms with Gasteiger partial charge in [-0.3, -0.25) is 9.69 Å². The largest absolute Gasteiger partial charge is 0.296 e. The maximum atomic E-state index is 14.6. The van der Waals surface area contributed by atoms with Crippen LogP contribution in [0.1, 0.15) is 35.3 Å². The normalized spacial score (nSPS) is 14.9. The molecule has 1 saturated heterocycles. The van der Waals surface area contributed by atoms with Gasteiger partial charge in [0.05, 0.1) is 12.2 Å². The van der Waals surface area contributed by atoms with E-state index < -0.39 is 0 Å². The van der Waals surface area contributed by atoms with Gasteiger partial charge in [0.25, 0.3) is 0 Å². The number of ketones is 1. The molecule has 6 heteroatoms. The highest BCUT2D eigenvalue weighted by Gasteiger charge is 2.25. The summed E-state index contributed by atoms with van der Waals surface area (Å²) < 4.78 is 16.1. The van der Waals surface area contributed by atoms with Crippen LogP contribution in [0.15, 0.2) is 48.5 Å². The van der Waals surface area contributed by atoms with E-state index in [1.165, 1.54) is 17.2 Å². The summed E-state index contributed by atoms with van der Waals surface area (Å²) in [6, 6.07) is 13.8. The Balaban J connectivity index is 1.79. The molecule has 1 fully saturated rings. The molecule has 2 heterocycles. The topological polar surface area (TPSA) is 38.1 Å². The molecule has 0 atom stereocenters. The second-order valence-electron chi connectivity index (χ2n) is 7.45. The summed E-state index contributed by atoms with van der Waals surface area (Å²) in [5.41, 5.74) is 2.99. The summed E-state index contributed by atoms with van der Waals surface area (Å²) >= 11 is 6.04. The van der Waals surface area contributed by atoms with Crippen molar-refractivity contribution in [3.8, 4) is 16.9 Å². The first kappa shape index (κ1) is 19.8. The predicted molar refractivity (Wildman–Crippen MR) is 113 cm³/mol. The van der Waals surface area contributed by atoms with Gasteiger partial charge in [-0.05, 0) is 57.1 Å². The lowest BCUT2D eigenvalue weighted by atomic mass is 10.0. The summed E-state index contributed by atoms with van der Waals surface area (Å²) in [6.07, 6.45) is 3.45. The lowest BCUT2D eigenvalue weighted by molar-refractivity contribution is 0.0909. The molecule has 0 amide bonds. The van der Waals surface area contributed by atoms with Crippen molar-refractivity contribution in [2.45, 2.75) is 26.2 Å². The predicted octanol–water partition coefficient (Wildman–Crippen LogP) is 5.31. The van der Waals surface area contributed by atoms with Crippen molar-refractivity contribution in [3.05, 3.63) is 70.6 Å². The Bertz CT molecular complexity index is 1020. The fourth-order valence-corrected chi connectivity index (χ4v) is 4.03. The molecule has 4 rings (SSSR count). The fourth-order valence-electron chi connectivity index (χ4n) is 3.90. The number of aromatic nitrogens is 2. The van der Waals surface area contributed by atoms with E-state index in [0.29, 0.717) is 28.6 Å². The standard InChI is InChI=1S/C23H23ClFN3O/c1-16-22(21(29)15-27-13-5-2-6-14-27)26-28(20-8-4-3-7-19(20)25)23(16)17-9-11-18(24)12-10-17/h3-4,7-12H,2,5-6,13-15H2,1H3. The highest BCUT2D eigenvalue weighted by Crippen LogP contribution is 2.31. The second kappa shape index (κ2) is 8.47. The van der Waals surface area contributed by atoms with Gasteiger partial charge in [-0.2, -0.15) is 5.10 Å². The molecule has 1 aromatic heterocycles. The van der Waals surface area contributed by atoms with Gasteiger partial charge in [0, 0.05) is 16.1 Å². The molecule has 2 aromatic carbocycles. The summed E-state index contributed by atoms with van der Waals surface area (Å²) in [6.45, 7) is 4.08. The van der Waals surface area contributed by atoms with Gasteiger partial charge in [-0.1, -0.05) is 42.3 Å². The minimum atomic E-state index is -0.389. The van der Waals surface area contributed by atoms with E-state index >= 15 is 0 Å². The van der Waals surface area contributed by atoms with Crippen LogP contribution in [0.4, 0.5) is 4.39 Å². The van der Waals surface area contributed by atoms with Crippen molar-refractivity contribution in [1.82, 2.24) is 14.7 Å². The van der Waals surface area contributed by atoms with E-state index in [1.54, 1.807) is 30.3 Å². The van der Waals surface area contributed by atoms with E-state index in [0.717, 1.165) is 37.1 Å². The van der Waals surface area contributed by atoms with Gasteiger partial charge < -0.3 is 0 Å². The van der Waals surface area contributed by atoms with Crippen LogP contribution in [0, 0.1) is 12.7 Å². The Hall–Kier alpha value is -2.50. The third-order valence-electron chi connectivity index (χ3n) is 5.40. The van der Waals surface area contributed by atoms with Crippen molar-refractivity contribution in [3.63, 3.8) is 0 Å². The summed E-state index contributed by atoms with van der Waals surface area (Å²) in [5.74, 6) is -0.421. The van der Waals surface area contributed by atoms with Crippen LogP contribution in [0.25, 0.3) is 16.9 Å². The van der Waals surface area contributed by atoms with Gasteiger partial charge in [-0.15, -0.1) is 0 Å². The molecule has 1 aliphatic heterocycles. The first-order valence-electron chi connectivity index (χ1n) is 9.90. The second-order valence-corrected chi connectivity index (χ2v) is 7.89. The van der Waals surface area contributed by atoms with Crippen molar-refractivity contribution in [2.24, 2.45) is 0 Å². The van der Waals surface area contributed by atoms with Gasteiger partial charge in [0.2, 0.25) is 0 Å². The number of para-hydroxylation sites is 1. The van der Waals surface area contributed by atoms with Gasteiger partial charge in [0.1, 0.15) is 17.2 Å². The van der Waals surface area contributed by atoms with Crippen LogP contribution < -0.4 is 0 Å². The number of hydrogen-bond acceptors (Lipinski definition) is 3. The van der Waals surface area contributed by atoms with E-state index in [2.05, 4.69) is 10.00 Å².